The number of nitrogen functional groups attached to an aromatic ring is 1. The summed E-state index contributed by atoms with van der Waals surface area (Å²) in [7, 11) is 0. The second kappa shape index (κ2) is 5.02. The number of hydrogen-bond acceptors (Lipinski definition) is 3. The van der Waals surface area contributed by atoms with E-state index in [4.69, 9.17) is 11.0 Å². The van der Waals surface area contributed by atoms with Gasteiger partial charge in [-0.15, -0.1) is 0 Å². The number of aryl methyl sites for hydroxylation is 1. The molecule has 0 aliphatic carbocycles. The lowest BCUT2D eigenvalue weighted by Crippen LogP contribution is -2.03. The summed E-state index contributed by atoms with van der Waals surface area (Å²) in [6.45, 7) is 0.527. The lowest BCUT2D eigenvalue weighted by molar-refractivity contribution is 0.639. The molecule has 0 atom stereocenters. The van der Waals surface area contributed by atoms with Crippen LogP contribution in [0.3, 0.4) is 0 Å². The van der Waals surface area contributed by atoms with Crippen molar-refractivity contribution in [1.82, 2.24) is 9.78 Å². The van der Waals surface area contributed by atoms with Crippen molar-refractivity contribution < 1.29 is 0 Å². The fourth-order valence-electron chi connectivity index (χ4n) is 1.53. The molecule has 0 saturated heterocycles. The summed E-state index contributed by atoms with van der Waals surface area (Å²) in [5.74, 6) is 0.582. The first-order valence-electron chi connectivity index (χ1n) is 5.17. The highest BCUT2D eigenvalue weighted by molar-refractivity contribution is 9.10. The first-order valence-corrected chi connectivity index (χ1v) is 5.96. The summed E-state index contributed by atoms with van der Waals surface area (Å²) in [6.07, 6.45) is 0.408. The predicted molar refractivity (Wildman–Crippen MR) is 70.0 cm³/mol. The molecule has 1 aromatic carbocycles. The summed E-state index contributed by atoms with van der Waals surface area (Å²) >= 11 is 3.39. The van der Waals surface area contributed by atoms with E-state index in [-0.39, 0.29) is 0 Å². The number of hydrogen-bond donors (Lipinski definition) is 1. The van der Waals surface area contributed by atoms with E-state index in [9.17, 15) is 0 Å². The van der Waals surface area contributed by atoms with Crippen LogP contribution in [0.5, 0.6) is 0 Å². The third-order valence-corrected chi connectivity index (χ3v) is 2.92. The Morgan fingerprint density at radius 3 is 2.71 bits per heavy atom. The number of nitriles is 1. The minimum absolute atomic E-state index is 0.408. The lowest BCUT2D eigenvalue weighted by Gasteiger charge is -1.99. The van der Waals surface area contributed by atoms with E-state index in [1.807, 2.05) is 30.3 Å². The van der Waals surface area contributed by atoms with E-state index in [0.29, 0.717) is 18.8 Å². The maximum absolute atomic E-state index is 8.54. The minimum atomic E-state index is 0.408. The summed E-state index contributed by atoms with van der Waals surface area (Å²) < 4.78 is 2.68. The zero-order valence-corrected chi connectivity index (χ0v) is 10.7. The molecule has 2 aromatic rings. The first kappa shape index (κ1) is 11.7. The van der Waals surface area contributed by atoms with Crippen LogP contribution in [0.25, 0.3) is 11.3 Å². The third kappa shape index (κ3) is 2.66. The number of rotatable bonds is 3. The number of nitrogens with zero attached hydrogens (tertiary/aromatic N) is 3. The Labute approximate surface area is 108 Å². The molecule has 0 radical (unpaired) electrons. The molecule has 1 heterocycles. The van der Waals surface area contributed by atoms with Gasteiger partial charge in [-0.25, -0.2) is 4.68 Å². The van der Waals surface area contributed by atoms with Crippen molar-refractivity contribution in [2.45, 2.75) is 13.0 Å². The van der Waals surface area contributed by atoms with Gasteiger partial charge in [0, 0.05) is 16.1 Å². The molecular weight excluding hydrogens is 280 g/mol. The Hall–Kier alpha value is -1.80. The number of nitrogens with two attached hydrogens (primary N) is 1. The SMILES string of the molecule is N#CCCn1nc(-c2ccc(Br)cc2)cc1N. The van der Waals surface area contributed by atoms with Gasteiger partial charge in [0.05, 0.1) is 24.7 Å². The summed E-state index contributed by atoms with van der Waals surface area (Å²) in [6, 6.07) is 11.8. The van der Waals surface area contributed by atoms with Gasteiger partial charge in [0.2, 0.25) is 0 Å². The summed E-state index contributed by atoms with van der Waals surface area (Å²) in [4.78, 5) is 0. The lowest BCUT2D eigenvalue weighted by atomic mass is 10.2. The highest BCUT2D eigenvalue weighted by Crippen LogP contribution is 2.22. The van der Waals surface area contributed by atoms with Crippen molar-refractivity contribution in [2.75, 3.05) is 5.73 Å². The topological polar surface area (TPSA) is 67.6 Å². The van der Waals surface area contributed by atoms with Gasteiger partial charge in [0.15, 0.2) is 0 Å². The van der Waals surface area contributed by atoms with Crippen LogP contribution in [0.15, 0.2) is 34.8 Å². The first-order chi connectivity index (χ1) is 8.20. The monoisotopic (exact) mass is 290 g/mol. The van der Waals surface area contributed by atoms with Crippen molar-refractivity contribution in [2.24, 2.45) is 0 Å². The van der Waals surface area contributed by atoms with Crippen molar-refractivity contribution in [3.8, 4) is 17.3 Å². The van der Waals surface area contributed by atoms with Crippen LogP contribution in [0.1, 0.15) is 6.42 Å². The molecule has 4 nitrogen and oxygen atoms in total. The zero-order valence-electron chi connectivity index (χ0n) is 9.10. The third-order valence-electron chi connectivity index (χ3n) is 2.39. The summed E-state index contributed by atoms with van der Waals surface area (Å²) in [5.41, 5.74) is 7.67. The Morgan fingerprint density at radius 1 is 1.35 bits per heavy atom. The van der Waals surface area contributed by atoms with Crippen LogP contribution in [0.4, 0.5) is 5.82 Å². The quantitative estimate of drug-likeness (QED) is 0.945. The van der Waals surface area contributed by atoms with E-state index in [1.165, 1.54) is 0 Å². The molecule has 2 rings (SSSR count). The molecule has 2 N–H and O–H groups in total. The van der Waals surface area contributed by atoms with E-state index >= 15 is 0 Å². The maximum Gasteiger partial charge on any atom is 0.122 e. The number of aromatic nitrogens is 2. The molecule has 0 spiro atoms. The van der Waals surface area contributed by atoms with E-state index in [0.717, 1.165) is 15.7 Å². The van der Waals surface area contributed by atoms with E-state index < -0.39 is 0 Å². The zero-order chi connectivity index (χ0) is 12.3. The van der Waals surface area contributed by atoms with Crippen molar-refractivity contribution in [3.63, 3.8) is 0 Å². The van der Waals surface area contributed by atoms with Crippen LogP contribution >= 0.6 is 15.9 Å². The van der Waals surface area contributed by atoms with Gasteiger partial charge in [-0.3, -0.25) is 0 Å². The Bertz CT molecular complexity index is 551. The van der Waals surface area contributed by atoms with E-state index in [1.54, 1.807) is 4.68 Å². The highest BCUT2D eigenvalue weighted by atomic mass is 79.9. The number of anilines is 1. The van der Waals surface area contributed by atoms with Crippen LogP contribution < -0.4 is 5.73 Å². The average molecular weight is 291 g/mol. The number of halogens is 1. The Balaban J connectivity index is 2.28. The van der Waals surface area contributed by atoms with Gasteiger partial charge >= 0.3 is 0 Å². The van der Waals surface area contributed by atoms with Crippen molar-refractivity contribution in [1.29, 1.82) is 5.26 Å². The molecule has 0 bridgehead atoms. The summed E-state index contributed by atoms with van der Waals surface area (Å²) in [5, 5.41) is 12.9. The van der Waals surface area contributed by atoms with Gasteiger partial charge in [0.25, 0.3) is 0 Å². The molecule has 0 saturated carbocycles. The van der Waals surface area contributed by atoms with Crippen LogP contribution in [-0.2, 0) is 6.54 Å². The Kier molecular flexibility index (Phi) is 3.45. The molecular formula is C12H11BrN4. The largest absolute Gasteiger partial charge is 0.384 e. The molecule has 0 amide bonds. The van der Waals surface area contributed by atoms with Gasteiger partial charge in [0.1, 0.15) is 5.82 Å². The van der Waals surface area contributed by atoms with Gasteiger partial charge in [-0.1, -0.05) is 28.1 Å². The Morgan fingerprint density at radius 2 is 2.06 bits per heavy atom. The van der Waals surface area contributed by atoms with Gasteiger partial charge in [-0.05, 0) is 12.1 Å². The number of benzene rings is 1. The van der Waals surface area contributed by atoms with Gasteiger partial charge in [-0.2, -0.15) is 10.4 Å². The standard InChI is InChI=1S/C12H11BrN4/c13-10-4-2-9(3-5-10)11-8-12(15)17(16-11)7-1-6-14/h2-5,8H,1,7,15H2. The second-order valence-electron chi connectivity index (χ2n) is 3.59. The van der Waals surface area contributed by atoms with E-state index in [2.05, 4.69) is 27.1 Å². The second-order valence-corrected chi connectivity index (χ2v) is 4.51. The molecule has 0 fully saturated rings. The highest BCUT2D eigenvalue weighted by Gasteiger charge is 2.06. The molecule has 5 heteroatoms. The molecule has 0 aliphatic rings. The van der Waals surface area contributed by atoms with Gasteiger partial charge < -0.3 is 5.73 Å². The van der Waals surface area contributed by atoms with Crippen molar-refractivity contribution >= 4 is 21.7 Å². The molecule has 0 unspecified atom stereocenters. The average Bonchev–Trinajstić information content (AvgIpc) is 2.69. The molecule has 1 aromatic heterocycles. The smallest absolute Gasteiger partial charge is 0.122 e. The molecule has 86 valence electrons. The normalized spacial score (nSPS) is 10.1. The maximum atomic E-state index is 8.54. The molecule has 0 aliphatic heterocycles. The molecule has 17 heavy (non-hydrogen) atoms. The minimum Gasteiger partial charge on any atom is -0.384 e. The predicted octanol–water partition coefficient (Wildman–Crippen LogP) is 2.81. The van der Waals surface area contributed by atoms with Crippen LogP contribution in [-0.4, -0.2) is 9.78 Å². The fourth-order valence-corrected chi connectivity index (χ4v) is 1.79. The van der Waals surface area contributed by atoms with Crippen LogP contribution in [0, 0.1) is 11.3 Å². The fraction of sp³-hybridized carbons (Fsp3) is 0.167. The van der Waals surface area contributed by atoms with Crippen LogP contribution in [0.2, 0.25) is 0 Å². The van der Waals surface area contributed by atoms with Crippen molar-refractivity contribution in [3.05, 3.63) is 34.8 Å².